The number of methoxy groups -OCH3 is 1. The third-order valence-electron chi connectivity index (χ3n) is 3.39. The third-order valence-corrected chi connectivity index (χ3v) is 4.05. The molecule has 0 aliphatic carbocycles. The van der Waals surface area contributed by atoms with Crippen molar-refractivity contribution in [1.29, 1.82) is 0 Å². The fourth-order valence-electron chi connectivity index (χ4n) is 2.09. The predicted octanol–water partition coefficient (Wildman–Crippen LogP) is 4.54. The standard InChI is InChI=1S/C17H17Cl3N2O2/c1-11-5-3-4-6-14(11)15(23)22-16(17(18,19)20)21-12-7-9-13(24-2)10-8-12/h3-10,16,21H,1-2H3,(H,22,23)/t16-/m0/s1. The molecule has 0 aliphatic heterocycles. The Labute approximate surface area is 156 Å². The van der Waals surface area contributed by atoms with Gasteiger partial charge in [0.05, 0.1) is 7.11 Å². The number of alkyl halides is 3. The van der Waals surface area contributed by atoms with Crippen LogP contribution in [0.1, 0.15) is 15.9 Å². The predicted molar refractivity (Wildman–Crippen MR) is 99.3 cm³/mol. The van der Waals surface area contributed by atoms with Crippen LogP contribution in [0.3, 0.4) is 0 Å². The second-order valence-electron chi connectivity index (χ2n) is 5.14. The summed E-state index contributed by atoms with van der Waals surface area (Å²) in [5, 5.41) is 5.72. The molecule has 1 atom stereocenters. The van der Waals surface area contributed by atoms with Gasteiger partial charge in [0.2, 0.25) is 3.79 Å². The maximum atomic E-state index is 12.5. The van der Waals surface area contributed by atoms with Crippen molar-refractivity contribution in [3.63, 3.8) is 0 Å². The molecule has 0 heterocycles. The number of carbonyl (C=O) groups excluding carboxylic acids is 1. The normalized spacial score (nSPS) is 12.4. The highest BCUT2D eigenvalue weighted by molar-refractivity contribution is 6.68. The number of amides is 1. The van der Waals surface area contributed by atoms with Crippen LogP contribution < -0.4 is 15.4 Å². The van der Waals surface area contributed by atoms with Crippen LogP contribution >= 0.6 is 34.8 Å². The summed E-state index contributed by atoms with van der Waals surface area (Å²) in [7, 11) is 1.58. The molecule has 2 aromatic rings. The molecule has 0 fully saturated rings. The van der Waals surface area contributed by atoms with Crippen molar-refractivity contribution in [1.82, 2.24) is 5.32 Å². The minimum absolute atomic E-state index is 0.328. The number of halogens is 3. The Morgan fingerprint density at radius 1 is 1.08 bits per heavy atom. The molecule has 7 heteroatoms. The Morgan fingerprint density at radius 3 is 2.25 bits per heavy atom. The number of aryl methyl sites for hydroxylation is 1. The lowest BCUT2D eigenvalue weighted by Gasteiger charge is -2.27. The molecule has 2 rings (SSSR count). The SMILES string of the molecule is COc1ccc(N[C@@H](NC(=O)c2ccccc2C)C(Cl)(Cl)Cl)cc1. The summed E-state index contributed by atoms with van der Waals surface area (Å²) in [6.07, 6.45) is -0.914. The van der Waals surface area contributed by atoms with Gasteiger partial charge in [0.1, 0.15) is 11.9 Å². The lowest BCUT2D eigenvalue weighted by atomic mass is 10.1. The minimum Gasteiger partial charge on any atom is -0.497 e. The average Bonchev–Trinajstić information content (AvgIpc) is 2.54. The van der Waals surface area contributed by atoms with Crippen molar-refractivity contribution >= 4 is 46.4 Å². The van der Waals surface area contributed by atoms with E-state index in [0.717, 1.165) is 5.56 Å². The van der Waals surface area contributed by atoms with Crippen LogP contribution in [0.25, 0.3) is 0 Å². The first-order valence-corrected chi connectivity index (χ1v) is 8.28. The molecule has 0 radical (unpaired) electrons. The highest BCUT2D eigenvalue weighted by Crippen LogP contribution is 2.31. The number of ether oxygens (including phenoxy) is 1. The first-order valence-electron chi connectivity index (χ1n) is 7.15. The molecular formula is C17H17Cl3N2O2. The zero-order valence-corrected chi connectivity index (χ0v) is 15.4. The van der Waals surface area contributed by atoms with Crippen molar-refractivity contribution < 1.29 is 9.53 Å². The Kier molecular flexibility index (Phi) is 6.21. The van der Waals surface area contributed by atoms with Crippen LogP contribution in [0.2, 0.25) is 0 Å². The number of benzene rings is 2. The lowest BCUT2D eigenvalue weighted by molar-refractivity contribution is 0.0941. The quantitative estimate of drug-likeness (QED) is 0.585. The van der Waals surface area contributed by atoms with Gasteiger partial charge in [-0.2, -0.15) is 0 Å². The molecule has 4 nitrogen and oxygen atoms in total. The van der Waals surface area contributed by atoms with E-state index in [2.05, 4.69) is 10.6 Å². The van der Waals surface area contributed by atoms with Gasteiger partial charge in [-0.3, -0.25) is 4.79 Å². The van der Waals surface area contributed by atoms with Gasteiger partial charge >= 0.3 is 0 Å². The summed E-state index contributed by atoms with van der Waals surface area (Å²) in [6.45, 7) is 1.84. The number of rotatable bonds is 5. The van der Waals surface area contributed by atoms with Crippen molar-refractivity contribution in [2.75, 3.05) is 12.4 Å². The van der Waals surface area contributed by atoms with Gasteiger partial charge in [-0.1, -0.05) is 53.0 Å². The summed E-state index contributed by atoms with van der Waals surface area (Å²) in [4.78, 5) is 12.5. The van der Waals surface area contributed by atoms with E-state index in [1.807, 2.05) is 19.1 Å². The number of hydrogen-bond donors (Lipinski definition) is 2. The topological polar surface area (TPSA) is 50.4 Å². The third kappa shape index (κ3) is 4.94. The van der Waals surface area contributed by atoms with Gasteiger partial charge in [0.25, 0.3) is 5.91 Å². The molecule has 2 aromatic carbocycles. The van der Waals surface area contributed by atoms with Crippen LogP contribution in [0.5, 0.6) is 5.75 Å². The Balaban J connectivity index is 2.16. The van der Waals surface area contributed by atoms with E-state index in [1.54, 1.807) is 43.5 Å². The molecule has 0 aromatic heterocycles. The van der Waals surface area contributed by atoms with E-state index in [-0.39, 0.29) is 5.91 Å². The summed E-state index contributed by atoms with van der Waals surface area (Å²) in [6, 6.07) is 14.3. The number of carbonyl (C=O) groups is 1. The maximum absolute atomic E-state index is 12.5. The lowest BCUT2D eigenvalue weighted by Crippen LogP contribution is -2.49. The largest absolute Gasteiger partial charge is 0.497 e. The molecule has 24 heavy (non-hydrogen) atoms. The monoisotopic (exact) mass is 386 g/mol. The molecular weight excluding hydrogens is 371 g/mol. The van der Waals surface area contributed by atoms with Crippen LogP contribution in [0, 0.1) is 6.92 Å². The van der Waals surface area contributed by atoms with Gasteiger partial charge < -0.3 is 15.4 Å². The highest BCUT2D eigenvalue weighted by atomic mass is 35.6. The first-order chi connectivity index (χ1) is 11.3. The van der Waals surface area contributed by atoms with Crippen LogP contribution in [-0.4, -0.2) is 23.0 Å². The van der Waals surface area contributed by atoms with Gasteiger partial charge in [-0.15, -0.1) is 0 Å². The number of nitrogens with one attached hydrogen (secondary N) is 2. The van der Waals surface area contributed by atoms with E-state index in [1.165, 1.54) is 0 Å². The Bertz CT molecular complexity index is 700. The molecule has 0 spiro atoms. The van der Waals surface area contributed by atoms with Crippen molar-refractivity contribution in [2.45, 2.75) is 16.9 Å². The summed E-state index contributed by atoms with van der Waals surface area (Å²) < 4.78 is 3.36. The minimum atomic E-state index is -1.74. The highest BCUT2D eigenvalue weighted by Gasteiger charge is 2.34. The number of hydrogen-bond acceptors (Lipinski definition) is 3. The summed E-state index contributed by atoms with van der Waals surface area (Å²) in [5.74, 6) is 0.375. The Hall–Kier alpha value is -1.62. The van der Waals surface area contributed by atoms with E-state index in [9.17, 15) is 4.79 Å². The molecule has 0 aliphatic rings. The maximum Gasteiger partial charge on any atom is 0.253 e. The smallest absolute Gasteiger partial charge is 0.253 e. The molecule has 1 amide bonds. The van der Waals surface area contributed by atoms with E-state index in [4.69, 9.17) is 39.5 Å². The Morgan fingerprint density at radius 2 is 1.71 bits per heavy atom. The molecule has 0 bridgehead atoms. The zero-order valence-electron chi connectivity index (χ0n) is 13.1. The van der Waals surface area contributed by atoms with Gasteiger partial charge in [-0.25, -0.2) is 0 Å². The van der Waals surface area contributed by atoms with E-state index in [0.29, 0.717) is 17.0 Å². The molecule has 128 valence electrons. The van der Waals surface area contributed by atoms with Crippen molar-refractivity contribution in [2.24, 2.45) is 0 Å². The first kappa shape index (κ1) is 18.7. The van der Waals surface area contributed by atoms with Crippen LogP contribution in [0.15, 0.2) is 48.5 Å². The van der Waals surface area contributed by atoms with Crippen molar-refractivity contribution in [3.05, 3.63) is 59.7 Å². The van der Waals surface area contributed by atoms with E-state index < -0.39 is 9.96 Å². The van der Waals surface area contributed by atoms with E-state index >= 15 is 0 Å². The molecule has 0 unspecified atom stereocenters. The molecule has 2 N–H and O–H groups in total. The van der Waals surface area contributed by atoms with Crippen LogP contribution in [0.4, 0.5) is 5.69 Å². The summed E-state index contributed by atoms with van der Waals surface area (Å²) in [5.41, 5.74) is 2.04. The number of anilines is 1. The van der Waals surface area contributed by atoms with Crippen LogP contribution in [-0.2, 0) is 0 Å². The fraction of sp³-hybridized carbons (Fsp3) is 0.235. The molecule has 0 saturated carbocycles. The van der Waals surface area contributed by atoms with Gasteiger partial charge in [0.15, 0.2) is 0 Å². The van der Waals surface area contributed by atoms with Crippen molar-refractivity contribution in [3.8, 4) is 5.75 Å². The second kappa shape index (κ2) is 7.97. The second-order valence-corrected chi connectivity index (χ2v) is 7.50. The zero-order chi connectivity index (χ0) is 17.7. The van der Waals surface area contributed by atoms with Gasteiger partial charge in [0, 0.05) is 11.3 Å². The molecule has 0 saturated heterocycles. The average molecular weight is 388 g/mol. The van der Waals surface area contributed by atoms with Gasteiger partial charge in [-0.05, 0) is 42.8 Å². The fourth-order valence-corrected chi connectivity index (χ4v) is 2.42. The summed E-state index contributed by atoms with van der Waals surface area (Å²) >= 11 is 18.0.